The average Bonchev–Trinajstić information content (AvgIpc) is 2.61. The van der Waals surface area contributed by atoms with Gasteiger partial charge in [-0.3, -0.25) is 9.03 Å². The maximum atomic E-state index is 12.6. The van der Waals surface area contributed by atoms with Gasteiger partial charge in [0.05, 0.1) is 16.3 Å². The van der Waals surface area contributed by atoms with Crippen molar-refractivity contribution in [3.63, 3.8) is 0 Å². The van der Waals surface area contributed by atoms with Gasteiger partial charge in [-0.1, -0.05) is 24.6 Å². The molecule has 0 spiro atoms. The molecule has 0 unspecified atom stereocenters. The SMILES string of the molecule is CCCS(=O)(=O)N1CCCc2cc(NS(=O)(=O)c3ccc(C)cc3)ccc21. The van der Waals surface area contributed by atoms with Crippen molar-refractivity contribution in [3.05, 3.63) is 53.6 Å². The molecule has 1 N–H and O–H groups in total. The summed E-state index contributed by atoms with van der Waals surface area (Å²) < 4.78 is 54.2. The molecule has 1 aliphatic rings. The van der Waals surface area contributed by atoms with Gasteiger partial charge in [0.15, 0.2) is 0 Å². The molecule has 0 amide bonds. The zero-order valence-corrected chi connectivity index (χ0v) is 17.1. The van der Waals surface area contributed by atoms with Crippen LogP contribution in [0.5, 0.6) is 0 Å². The zero-order valence-electron chi connectivity index (χ0n) is 15.5. The summed E-state index contributed by atoms with van der Waals surface area (Å²) in [5, 5.41) is 0. The van der Waals surface area contributed by atoms with Crippen molar-refractivity contribution < 1.29 is 16.8 Å². The fraction of sp³-hybridized carbons (Fsp3) is 0.368. The lowest BCUT2D eigenvalue weighted by atomic mass is 10.0. The Bertz CT molecular complexity index is 1030. The molecular formula is C19H24N2O4S2. The molecular weight excluding hydrogens is 384 g/mol. The standard InChI is InChI=1S/C19H24N2O4S2/c1-3-13-26(22,23)21-12-4-5-16-14-17(8-11-19(16)21)20-27(24,25)18-9-6-15(2)7-10-18/h6-11,14,20H,3-5,12-13H2,1-2H3. The number of fused-ring (bicyclic) bond motifs is 1. The highest BCUT2D eigenvalue weighted by Crippen LogP contribution is 2.32. The van der Waals surface area contributed by atoms with Gasteiger partial charge in [-0.25, -0.2) is 16.8 Å². The highest BCUT2D eigenvalue weighted by molar-refractivity contribution is 7.93. The molecule has 0 aliphatic carbocycles. The minimum atomic E-state index is -3.69. The quantitative estimate of drug-likeness (QED) is 0.795. The van der Waals surface area contributed by atoms with Gasteiger partial charge in [-0.2, -0.15) is 0 Å². The van der Waals surface area contributed by atoms with Gasteiger partial charge in [-0.15, -0.1) is 0 Å². The van der Waals surface area contributed by atoms with Crippen molar-refractivity contribution in [1.82, 2.24) is 0 Å². The van der Waals surface area contributed by atoms with Crippen molar-refractivity contribution >= 4 is 31.4 Å². The van der Waals surface area contributed by atoms with E-state index in [1.54, 1.807) is 42.5 Å². The van der Waals surface area contributed by atoms with Gasteiger partial charge in [0.2, 0.25) is 10.0 Å². The number of anilines is 2. The second-order valence-corrected chi connectivity index (χ2v) is 10.4. The molecule has 0 atom stereocenters. The lowest BCUT2D eigenvalue weighted by Crippen LogP contribution is -2.37. The van der Waals surface area contributed by atoms with Crippen LogP contribution in [-0.2, 0) is 26.5 Å². The molecule has 0 fully saturated rings. The van der Waals surface area contributed by atoms with E-state index in [9.17, 15) is 16.8 Å². The molecule has 0 aromatic heterocycles. The number of hydrogen-bond donors (Lipinski definition) is 1. The summed E-state index contributed by atoms with van der Waals surface area (Å²) >= 11 is 0. The summed E-state index contributed by atoms with van der Waals surface area (Å²) in [5.41, 5.74) is 2.90. The Morgan fingerprint density at radius 1 is 1.04 bits per heavy atom. The van der Waals surface area contributed by atoms with Crippen LogP contribution in [0.3, 0.4) is 0 Å². The maximum absolute atomic E-state index is 12.6. The number of aryl methyl sites for hydroxylation is 2. The zero-order chi connectivity index (χ0) is 19.7. The van der Waals surface area contributed by atoms with Gasteiger partial charge in [-0.05, 0) is 62.1 Å². The number of sulfonamides is 2. The lowest BCUT2D eigenvalue weighted by molar-refractivity contribution is 0.585. The van der Waals surface area contributed by atoms with Crippen LogP contribution in [0.1, 0.15) is 30.9 Å². The molecule has 2 aromatic carbocycles. The van der Waals surface area contributed by atoms with Crippen LogP contribution in [0.4, 0.5) is 11.4 Å². The normalized spacial score (nSPS) is 14.7. The average molecular weight is 409 g/mol. The highest BCUT2D eigenvalue weighted by atomic mass is 32.2. The molecule has 0 saturated heterocycles. The first-order valence-electron chi connectivity index (χ1n) is 8.96. The Kier molecular flexibility index (Phi) is 5.48. The van der Waals surface area contributed by atoms with E-state index in [1.165, 1.54) is 4.31 Å². The van der Waals surface area contributed by atoms with Gasteiger partial charge in [0, 0.05) is 12.2 Å². The first kappa shape index (κ1) is 19.7. The molecule has 3 rings (SSSR count). The van der Waals surface area contributed by atoms with Crippen LogP contribution in [0.2, 0.25) is 0 Å². The van der Waals surface area contributed by atoms with E-state index in [4.69, 9.17) is 0 Å². The van der Waals surface area contributed by atoms with Crippen molar-refractivity contribution in [2.45, 2.75) is 38.0 Å². The fourth-order valence-electron chi connectivity index (χ4n) is 3.21. The van der Waals surface area contributed by atoms with Crippen LogP contribution in [0.25, 0.3) is 0 Å². The van der Waals surface area contributed by atoms with E-state index < -0.39 is 20.0 Å². The van der Waals surface area contributed by atoms with Crippen LogP contribution in [0.15, 0.2) is 47.4 Å². The van der Waals surface area contributed by atoms with Crippen LogP contribution >= 0.6 is 0 Å². The largest absolute Gasteiger partial charge is 0.280 e. The third-order valence-corrected chi connectivity index (χ3v) is 7.91. The summed E-state index contributed by atoms with van der Waals surface area (Å²) in [4.78, 5) is 0.193. The number of benzene rings is 2. The summed E-state index contributed by atoms with van der Waals surface area (Å²) in [6, 6.07) is 11.7. The third-order valence-electron chi connectivity index (χ3n) is 4.54. The van der Waals surface area contributed by atoms with Gasteiger partial charge in [0.25, 0.3) is 10.0 Å². The molecule has 2 aromatic rings. The van der Waals surface area contributed by atoms with Crippen LogP contribution in [0, 0.1) is 6.92 Å². The molecule has 8 heteroatoms. The van der Waals surface area contributed by atoms with E-state index in [1.807, 2.05) is 13.8 Å². The van der Waals surface area contributed by atoms with E-state index in [-0.39, 0.29) is 10.6 Å². The number of nitrogens with zero attached hydrogens (tertiary/aromatic N) is 1. The molecule has 0 radical (unpaired) electrons. The molecule has 0 saturated carbocycles. The summed E-state index contributed by atoms with van der Waals surface area (Å²) in [6.45, 7) is 4.20. The van der Waals surface area contributed by atoms with Crippen molar-refractivity contribution in [3.8, 4) is 0 Å². The van der Waals surface area contributed by atoms with Gasteiger partial charge in [0.1, 0.15) is 0 Å². The Balaban J connectivity index is 1.89. The number of nitrogens with one attached hydrogen (secondary N) is 1. The highest BCUT2D eigenvalue weighted by Gasteiger charge is 2.27. The predicted octanol–water partition coefficient (Wildman–Crippen LogP) is 3.29. The monoisotopic (exact) mass is 408 g/mol. The number of hydrogen-bond acceptors (Lipinski definition) is 4. The van der Waals surface area contributed by atoms with E-state index in [0.717, 1.165) is 11.1 Å². The van der Waals surface area contributed by atoms with E-state index in [0.29, 0.717) is 37.2 Å². The smallest absolute Gasteiger partial charge is 0.261 e. The summed E-state index contributed by atoms with van der Waals surface area (Å²) in [5.74, 6) is 0.105. The molecule has 6 nitrogen and oxygen atoms in total. The maximum Gasteiger partial charge on any atom is 0.261 e. The summed E-state index contributed by atoms with van der Waals surface area (Å²) in [6.07, 6.45) is 1.99. The van der Waals surface area contributed by atoms with Crippen LogP contribution < -0.4 is 9.03 Å². The minimum absolute atomic E-state index is 0.105. The second-order valence-electron chi connectivity index (χ2n) is 6.75. The van der Waals surface area contributed by atoms with Gasteiger partial charge >= 0.3 is 0 Å². The predicted molar refractivity (Wildman–Crippen MR) is 108 cm³/mol. The molecule has 1 aliphatic heterocycles. The first-order valence-corrected chi connectivity index (χ1v) is 12.0. The van der Waals surface area contributed by atoms with Crippen molar-refractivity contribution in [2.75, 3.05) is 21.3 Å². The Morgan fingerprint density at radius 3 is 2.41 bits per heavy atom. The molecule has 0 bridgehead atoms. The Morgan fingerprint density at radius 2 is 1.74 bits per heavy atom. The Labute approximate surface area is 161 Å². The van der Waals surface area contributed by atoms with Gasteiger partial charge < -0.3 is 0 Å². The molecule has 27 heavy (non-hydrogen) atoms. The topological polar surface area (TPSA) is 83.6 Å². The van der Waals surface area contributed by atoms with Crippen molar-refractivity contribution in [1.29, 1.82) is 0 Å². The van der Waals surface area contributed by atoms with E-state index >= 15 is 0 Å². The van der Waals surface area contributed by atoms with Crippen LogP contribution in [-0.4, -0.2) is 29.1 Å². The molecule has 146 valence electrons. The second kappa shape index (κ2) is 7.52. The Hall–Kier alpha value is -2.06. The molecule has 1 heterocycles. The fourth-order valence-corrected chi connectivity index (χ4v) is 5.89. The first-order chi connectivity index (χ1) is 12.7. The summed E-state index contributed by atoms with van der Waals surface area (Å²) in [7, 11) is -7.04. The van der Waals surface area contributed by atoms with Crippen molar-refractivity contribution in [2.24, 2.45) is 0 Å². The third kappa shape index (κ3) is 4.27. The van der Waals surface area contributed by atoms with E-state index in [2.05, 4.69) is 4.72 Å². The number of rotatable bonds is 6. The lowest BCUT2D eigenvalue weighted by Gasteiger charge is -2.30. The minimum Gasteiger partial charge on any atom is -0.280 e.